The van der Waals surface area contributed by atoms with Crippen molar-refractivity contribution in [3.05, 3.63) is 42.0 Å². The van der Waals surface area contributed by atoms with E-state index in [-0.39, 0.29) is 11.8 Å². The van der Waals surface area contributed by atoms with E-state index in [2.05, 4.69) is 5.32 Å². The molecule has 0 aliphatic heterocycles. The van der Waals surface area contributed by atoms with Gasteiger partial charge in [-0.15, -0.1) is 0 Å². The highest BCUT2D eigenvalue weighted by atomic mass is 19.4. The van der Waals surface area contributed by atoms with Crippen molar-refractivity contribution in [3.63, 3.8) is 0 Å². The Hall–Kier alpha value is -2.29. The van der Waals surface area contributed by atoms with Crippen LogP contribution >= 0.6 is 0 Å². The number of rotatable bonds is 4. The number of amides is 1. The number of hydrogen-bond donors (Lipinski definition) is 2. The Kier molecular flexibility index (Phi) is 5.23. The molecule has 0 aliphatic rings. The summed E-state index contributed by atoms with van der Waals surface area (Å²) in [7, 11) is 0. The van der Waals surface area contributed by atoms with Gasteiger partial charge in [-0.05, 0) is 11.8 Å². The largest absolute Gasteiger partial charge is 0.430 e. The van der Waals surface area contributed by atoms with Gasteiger partial charge in [-0.3, -0.25) is 4.79 Å². The Morgan fingerprint density at radius 2 is 1.58 bits per heavy atom. The molecule has 0 spiro atoms. The number of anilines is 1. The summed E-state index contributed by atoms with van der Waals surface area (Å²) in [4.78, 5) is 11.9. The number of fused-ring (bicyclic) bond motifs is 1. The van der Waals surface area contributed by atoms with Gasteiger partial charge in [0.15, 0.2) is 0 Å². The van der Waals surface area contributed by atoms with Crippen LogP contribution < -0.4 is 5.32 Å². The molecule has 0 fully saturated rings. The van der Waals surface area contributed by atoms with Gasteiger partial charge in [0.25, 0.3) is 5.60 Å². The Labute approximate surface area is 144 Å². The number of benzene rings is 2. The SMILES string of the molecule is CCCC(=O)Nc1c(C(O)(C(F)(F)F)C(F)(F)F)ccc2ccccc12. The van der Waals surface area contributed by atoms with E-state index < -0.39 is 35.1 Å². The van der Waals surface area contributed by atoms with Gasteiger partial charge >= 0.3 is 12.4 Å². The molecule has 0 aromatic heterocycles. The van der Waals surface area contributed by atoms with Crippen molar-refractivity contribution in [1.29, 1.82) is 0 Å². The second-order valence-corrected chi connectivity index (χ2v) is 5.71. The number of carbonyl (C=O) groups is 1. The van der Waals surface area contributed by atoms with E-state index in [1.54, 1.807) is 13.0 Å². The van der Waals surface area contributed by atoms with Gasteiger partial charge in [0.05, 0.1) is 5.69 Å². The summed E-state index contributed by atoms with van der Waals surface area (Å²) in [5.74, 6) is -0.753. The summed E-state index contributed by atoms with van der Waals surface area (Å²) in [5, 5.41) is 12.1. The molecule has 0 aliphatic carbocycles. The Bertz CT molecular complexity index is 799. The van der Waals surface area contributed by atoms with Crippen molar-refractivity contribution in [1.82, 2.24) is 0 Å². The van der Waals surface area contributed by atoms with E-state index in [0.717, 1.165) is 6.07 Å². The maximum Gasteiger partial charge on any atom is 0.430 e. The van der Waals surface area contributed by atoms with Crippen LogP contribution in [0.2, 0.25) is 0 Å². The van der Waals surface area contributed by atoms with Crippen molar-refractivity contribution >= 4 is 22.4 Å². The smallest absolute Gasteiger partial charge is 0.369 e. The molecule has 2 aromatic rings. The van der Waals surface area contributed by atoms with Crippen LogP contribution in [0.1, 0.15) is 25.3 Å². The molecule has 1 amide bonds. The first-order chi connectivity index (χ1) is 11.9. The predicted octanol–water partition coefficient (Wildman–Crippen LogP) is 4.89. The zero-order chi connectivity index (χ0) is 19.8. The fourth-order valence-corrected chi connectivity index (χ4v) is 2.60. The Morgan fingerprint density at radius 3 is 2.12 bits per heavy atom. The minimum atomic E-state index is -6.04. The predicted molar refractivity (Wildman–Crippen MR) is 83.5 cm³/mol. The van der Waals surface area contributed by atoms with Crippen molar-refractivity contribution in [3.8, 4) is 0 Å². The highest BCUT2D eigenvalue weighted by Gasteiger charge is 2.72. The second-order valence-electron chi connectivity index (χ2n) is 5.71. The fourth-order valence-electron chi connectivity index (χ4n) is 2.60. The number of hydrogen-bond acceptors (Lipinski definition) is 2. The molecule has 0 saturated heterocycles. The molecular formula is C17H15F6NO2. The van der Waals surface area contributed by atoms with Crippen LogP contribution in [-0.2, 0) is 10.4 Å². The van der Waals surface area contributed by atoms with Crippen LogP contribution in [0.15, 0.2) is 36.4 Å². The molecule has 0 bridgehead atoms. The Balaban J connectivity index is 2.82. The van der Waals surface area contributed by atoms with E-state index in [1.165, 1.54) is 18.2 Å². The zero-order valence-corrected chi connectivity index (χ0v) is 13.5. The third kappa shape index (κ3) is 3.35. The molecule has 26 heavy (non-hydrogen) atoms. The average Bonchev–Trinajstić information content (AvgIpc) is 2.52. The normalized spacial score (nSPS) is 13.1. The molecule has 0 unspecified atom stereocenters. The topological polar surface area (TPSA) is 49.3 Å². The van der Waals surface area contributed by atoms with Crippen molar-refractivity contribution < 1.29 is 36.2 Å². The number of alkyl halides is 6. The van der Waals surface area contributed by atoms with E-state index in [4.69, 9.17) is 0 Å². The molecule has 0 radical (unpaired) electrons. The molecule has 142 valence electrons. The number of halogens is 6. The first-order valence-electron chi connectivity index (χ1n) is 7.61. The maximum absolute atomic E-state index is 13.3. The van der Waals surface area contributed by atoms with Gasteiger partial charge in [0.2, 0.25) is 5.91 Å². The quantitative estimate of drug-likeness (QED) is 0.743. The zero-order valence-electron chi connectivity index (χ0n) is 13.5. The standard InChI is InChI=1S/C17H15F6NO2/c1-2-5-13(25)24-14-11-7-4-3-6-10(11)8-9-12(14)15(26,16(18,19)20)17(21,22)23/h3-4,6-9,26H,2,5H2,1H3,(H,24,25). The summed E-state index contributed by atoms with van der Waals surface area (Å²) in [6, 6.07) is 7.25. The lowest BCUT2D eigenvalue weighted by Crippen LogP contribution is -2.54. The Morgan fingerprint density at radius 1 is 1.00 bits per heavy atom. The molecule has 3 nitrogen and oxygen atoms in total. The van der Waals surface area contributed by atoms with E-state index in [9.17, 15) is 36.2 Å². The summed E-state index contributed by atoms with van der Waals surface area (Å²) in [6.07, 6.45) is -11.8. The summed E-state index contributed by atoms with van der Waals surface area (Å²) < 4.78 is 79.6. The minimum Gasteiger partial charge on any atom is -0.369 e. The van der Waals surface area contributed by atoms with Crippen LogP contribution in [-0.4, -0.2) is 23.4 Å². The number of carbonyl (C=O) groups excluding carboxylic acids is 1. The molecule has 0 atom stereocenters. The van der Waals surface area contributed by atoms with Crippen LogP contribution in [0.5, 0.6) is 0 Å². The molecule has 0 saturated carbocycles. The summed E-state index contributed by atoms with van der Waals surface area (Å²) in [6.45, 7) is 1.63. The monoisotopic (exact) mass is 379 g/mol. The molecule has 2 rings (SSSR count). The van der Waals surface area contributed by atoms with Crippen molar-refractivity contribution in [2.24, 2.45) is 0 Å². The van der Waals surface area contributed by atoms with Crippen LogP contribution in [0.25, 0.3) is 10.8 Å². The van der Waals surface area contributed by atoms with Crippen molar-refractivity contribution in [2.45, 2.75) is 37.7 Å². The third-order valence-electron chi connectivity index (χ3n) is 3.88. The lowest BCUT2D eigenvalue weighted by atomic mass is 9.88. The molecule has 2 N–H and O–H groups in total. The van der Waals surface area contributed by atoms with Gasteiger partial charge in [-0.2, -0.15) is 26.3 Å². The van der Waals surface area contributed by atoms with E-state index in [1.807, 2.05) is 0 Å². The molecular weight excluding hydrogens is 364 g/mol. The highest BCUT2D eigenvalue weighted by Crippen LogP contribution is 2.52. The maximum atomic E-state index is 13.3. The highest BCUT2D eigenvalue weighted by molar-refractivity contribution is 6.03. The van der Waals surface area contributed by atoms with Gasteiger partial charge in [0.1, 0.15) is 0 Å². The van der Waals surface area contributed by atoms with Gasteiger partial charge in [-0.25, -0.2) is 0 Å². The first-order valence-corrected chi connectivity index (χ1v) is 7.61. The summed E-state index contributed by atoms with van der Waals surface area (Å²) in [5.41, 5.74) is -7.31. The summed E-state index contributed by atoms with van der Waals surface area (Å²) >= 11 is 0. The van der Waals surface area contributed by atoms with E-state index in [0.29, 0.717) is 17.9 Å². The first kappa shape index (κ1) is 20.0. The van der Waals surface area contributed by atoms with E-state index >= 15 is 0 Å². The van der Waals surface area contributed by atoms with Gasteiger partial charge in [-0.1, -0.05) is 43.3 Å². The van der Waals surface area contributed by atoms with Gasteiger partial charge < -0.3 is 10.4 Å². The molecule has 9 heteroatoms. The minimum absolute atomic E-state index is 0.0404. The second kappa shape index (κ2) is 6.79. The molecule has 0 heterocycles. The van der Waals surface area contributed by atoms with Crippen LogP contribution in [0, 0.1) is 0 Å². The number of nitrogens with one attached hydrogen (secondary N) is 1. The molecule has 2 aromatic carbocycles. The lowest BCUT2D eigenvalue weighted by Gasteiger charge is -2.34. The lowest BCUT2D eigenvalue weighted by molar-refractivity contribution is -0.375. The van der Waals surface area contributed by atoms with Crippen molar-refractivity contribution in [2.75, 3.05) is 5.32 Å². The average molecular weight is 379 g/mol. The van der Waals surface area contributed by atoms with Crippen LogP contribution in [0.4, 0.5) is 32.0 Å². The number of aliphatic hydroxyl groups is 1. The fraction of sp³-hybridized carbons (Fsp3) is 0.353. The van der Waals surface area contributed by atoms with Gasteiger partial charge in [0, 0.05) is 17.4 Å². The third-order valence-corrected chi connectivity index (χ3v) is 3.88. The van der Waals surface area contributed by atoms with Crippen LogP contribution in [0.3, 0.4) is 0 Å².